The highest BCUT2D eigenvalue weighted by molar-refractivity contribution is 7.97. The van der Waals surface area contributed by atoms with E-state index in [0.29, 0.717) is 10.5 Å². The molecule has 0 aliphatic heterocycles. The number of rotatable bonds is 6. The molecular weight excluding hydrogens is 440 g/mol. The quantitative estimate of drug-likeness (QED) is 0.346. The monoisotopic (exact) mass is 467 g/mol. The van der Waals surface area contributed by atoms with Gasteiger partial charge >= 0.3 is 5.97 Å². The minimum Gasteiger partial charge on any atom is -0.465 e. The molecular formula is C26H27O4S2+. The van der Waals surface area contributed by atoms with E-state index in [0.717, 1.165) is 46.8 Å². The number of benzene rings is 3. The number of ether oxygens (including phenoxy) is 1. The summed E-state index contributed by atoms with van der Waals surface area (Å²) < 4.78 is 31.3. The first kappa shape index (κ1) is 22.6. The molecule has 0 amide bonds. The van der Waals surface area contributed by atoms with Crippen molar-refractivity contribution in [2.24, 2.45) is 0 Å². The Balaban J connectivity index is 1.76. The Bertz CT molecular complexity index is 1170. The van der Waals surface area contributed by atoms with Crippen molar-refractivity contribution in [2.45, 2.75) is 56.9 Å². The summed E-state index contributed by atoms with van der Waals surface area (Å²) in [6, 6.07) is 24.6. The maximum atomic E-state index is 13.1. The van der Waals surface area contributed by atoms with E-state index in [1.54, 1.807) is 18.2 Å². The fraction of sp³-hybridized carbons (Fsp3) is 0.269. The molecule has 0 heterocycles. The summed E-state index contributed by atoms with van der Waals surface area (Å²) in [5, 5.41) is -0.283. The summed E-state index contributed by atoms with van der Waals surface area (Å²) in [7, 11) is -2.53. The van der Waals surface area contributed by atoms with Gasteiger partial charge in [0.05, 0.1) is 17.3 Å². The van der Waals surface area contributed by atoms with Gasteiger partial charge in [-0.2, -0.15) is 0 Å². The smallest absolute Gasteiger partial charge is 0.343 e. The van der Waals surface area contributed by atoms with Crippen LogP contribution >= 0.6 is 0 Å². The number of esters is 1. The van der Waals surface area contributed by atoms with Crippen LogP contribution in [0, 0.1) is 0 Å². The maximum Gasteiger partial charge on any atom is 0.343 e. The zero-order valence-corrected chi connectivity index (χ0v) is 19.7. The molecule has 1 unspecified atom stereocenters. The molecule has 3 aromatic carbocycles. The van der Waals surface area contributed by atoms with Crippen LogP contribution in [0.1, 0.15) is 42.5 Å². The average Bonchev–Trinajstić information content (AvgIpc) is 2.85. The van der Waals surface area contributed by atoms with Gasteiger partial charge in [0.1, 0.15) is 16.5 Å². The van der Waals surface area contributed by atoms with Gasteiger partial charge in [-0.15, -0.1) is 0 Å². The van der Waals surface area contributed by atoms with Crippen molar-refractivity contribution in [1.29, 1.82) is 0 Å². The van der Waals surface area contributed by atoms with Gasteiger partial charge < -0.3 is 4.74 Å². The van der Waals surface area contributed by atoms with Crippen LogP contribution in [0.5, 0.6) is 0 Å². The molecule has 0 saturated heterocycles. The molecule has 4 rings (SSSR count). The van der Waals surface area contributed by atoms with Crippen molar-refractivity contribution in [3.63, 3.8) is 0 Å². The zero-order valence-electron chi connectivity index (χ0n) is 18.1. The lowest BCUT2D eigenvalue weighted by Gasteiger charge is -2.21. The van der Waals surface area contributed by atoms with Crippen LogP contribution in [0.3, 0.4) is 0 Å². The van der Waals surface area contributed by atoms with Crippen LogP contribution in [0.2, 0.25) is 0 Å². The molecule has 3 aromatic rings. The van der Waals surface area contributed by atoms with Gasteiger partial charge in [-0.1, -0.05) is 49.6 Å². The molecule has 1 saturated carbocycles. The Morgan fingerprint density at radius 1 is 0.812 bits per heavy atom. The lowest BCUT2D eigenvalue weighted by molar-refractivity contribution is 0.0596. The molecule has 0 spiro atoms. The van der Waals surface area contributed by atoms with E-state index < -0.39 is 20.7 Å². The minimum atomic E-state index is -3.33. The molecule has 0 radical (unpaired) electrons. The van der Waals surface area contributed by atoms with Crippen molar-refractivity contribution >= 4 is 26.7 Å². The van der Waals surface area contributed by atoms with E-state index in [4.69, 9.17) is 4.74 Å². The number of carbonyl (C=O) groups excluding carboxylic acids is 1. The standard InChI is InChI=1S/C26H27O4S2/c1-30-26(27)24-14-8-9-15-25(24)31(20-10-4-2-5-11-20)21-16-18-23(19-17-21)32(28,29)22-12-6-3-7-13-22/h2,4-5,8-11,14-19,22H,3,6-7,12-13H2,1H3/q+1. The highest BCUT2D eigenvalue weighted by Gasteiger charge is 2.34. The van der Waals surface area contributed by atoms with Crippen molar-refractivity contribution in [3.05, 3.63) is 84.4 Å². The molecule has 1 aliphatic carbocycles. The second-order valence-corrected chi connectivity index (χ2v) is 12.1. The molecule has 1 fully saturated rings. The summed E-state index contributed by atoms with van der Waals surface area (Å²) in [5.74, 6) is -0.384. The number of hydrogen-bond donors (Lipinski definition) is 0. The number of methoxy groups -OCH3 is 1. The van der Waals surface area contributed by atoms with E-state index >= 15 is 0 Å². The normalized spacial score (nSPS) is 15.8. The number of sulfone groups is 1. The van der Waals surface area contributed by atoms with Gasteiger partial charge in [-0.25, -0.2) is 13.2 Å². The van der Waals surface area contributed by atoms with Crippen molar-refractivity contribution in [2.75, 3.05) is 7.11 Å². The minimum absolute atomic E-state index is 0.283. The van der Waals surface area contributed by atoms with Crippen LogP contribution in [-0.2, 0) is 25.5 Å². The van der Waals surface area contributed by atoms with Crippen molar-refractivity contribution in [3.8, 4) is 0 Å². The first-order chi connectivity index (χ1) is 15.5. The van der Waals surface area contributed by atoms with Gasteiger partial charge in [-0.3, -0.25) is 0 Å². The average molecular weight is 468 g/mol. The molecule has 4 nitrogen and oxygen atoms in total. The van der Waals surface area contributed by atoms with Crippen LogP contribution in [0.15, 0.2) is 98.4 Å². The Morgan fingerprint density at radius 2 is 1.41 bits per heavy atom. The van der Waals surface area contributed by atoms with Gasteiger partial charge in [-0.05, 0) is 61.4 Å². The third kappa shape index (κ3) is 4.62. The molecule has 166 valence electrons. The molecule has 0 aromatic heterocycles. The number of carbonyl (C=O) groups is 1. The summed E-state index contributed by atoms with van der Waals surface area (Å²) >= 11 is 0. The van der Waals surface area contributed by atoms with Crippen LogP contribution < -0.4 is 0 Å². The van der Waals surface area contributed by atoms with Crippen LogP contribution in [0.25, 0.3) is 0 Å². The fourth-order valence-electron chi connectivity index (χ4n) is 4.20. The molecule has 0 bridgehead atoms. The first-order valence-corrected chi connectivity index (χ1v) is 13.6. The van der Waals surface area contributed by atoms with E-state index in [1.165, 1.54) is 7.11 Å². The predicted octanol–water partition coefficient (Wildman–Crippen LogP) is 5.68. The zero-order chi connectivity index (χ0) is 22.6. The second kappa shape index (κ2) is 9.92. The summed E-state index contributed by atoms with van der Waals surface area (Å²) in [4.78, 5) is 15.7. The lowest BCUT2D eigenvalue weighted by Crippen LogP contribution is -2.24. The predicted molar refractivity (Wildman–Crippen MR) is 127 cm³/mol. The highest BCUT2D eigenvalue weighted by atomic mass is 32.2. The summed E-state index contributed by atoms with van der Waals surface area (Å²) in [6.45, 7) is 0. The van der Waals surface area contributed by atoms with Gasteiger partial charge in [0.15, 0.2) is 24.5 Å². The molecule has 32 heavy (non-hydrogen) atoms. The maximum absolute atomic E-state index is 13.1. The van der Waals surface area contributed by atoms with Crippen molar-refractivity contribution < 1.29 is 17.9 Å². The van der Waals surface area contributed by atoms with Crippen molar-refractivity contribution in [1.82, 2.24) is 0 Å². The van der Waals surface area contributed by atoms with E-state index in [2.05, 4.69) is 0 Å². The first-order valence-electron chi connectivity index (χ1n) is 10.8. The topological polar surface area (TPSA) is 60.4 Å². The van der Waals surface area contributed by atoms with E-state index in [9.17, 15) is 13.2 Å². The van der Waals surface area contributed by atoms with Crippen LogP contribution in [-0.4, -0.2) is 26.7 Å². The van der Waals surface area contributed by atoms with Gasteiger partial charge in [0.2, 0.25) is 0 Å². The third-order valence-electron chi connectivity index (χ3n) is 5.87. The van der Waals surface area contributed by atoms with Gasteiger partial charge in [0.25, 0.3) is 0 Å². The van der Waals surface area contributed by atoms with Gasteiger partial charge in [0, 0.05) is 0 Å². The molecule has 1 aliphatic rings. The Hall–Kier alpha value is -2.57. The van der Waals surface area contributed by atoms with E-state index in [1.807, 2.05) is 60.7 Å². The Labute approximate surface area is 192 Å². The molecule has 6 heteroatoms. The fourth-order valence-corrected chi connectivity index (χ4v) is 8.26. The summed E-state index contributed by atoms with van der Waals surface area (Å²) in [6.07, 6.45) is 4.55. The summed E-state index contributed by atoms with van der Waals surface area (Å²) in [5.41, 5.74) is 0.515. The molecule has 1 atom stereocenters. The molecule has 0 N–H and O–H groups in total. The Morgan fingerprint density at radius 3 is 2.06 bits per heavy atom. The SMILES string of the molecule is COC(=O)c1ccccc1[S+](c1ccccc1)c1ccc(S(=O)(=O)C2CCCCC2)cc1. The highest BCUT2D eigenvalue weighted by Crippen LogP contribution is 2.35. The second-order valence-electron chi connectivity index (χ2n) is 7.88. The Kier molecular flexibility index (Phi) is 7.01. The van der Waals surface area contributed by atoms with Crippen LogP contribution in [0.4, 0.5) is 0 Å². The lowest BCUT2D eigenvalue weighted by atomic mass is 10.0. The third-order valence-corrected chi connectivity index (χ3v) is 10.4. The number of hydrogen-bond acceptors (Lipinski definition) is 4. The largest absolute Gasteiger partial charge is 0.465 e. The van der Waals surface area contributed by atoms with E-state index in [-0.39, 0.29) is 11.2 Å².